The van der Waals surface area contributed by atoms with E-state index in [1.165, 1.54) is 11.1 Å². The molecule has 1 rings (SSSR count). The van der Waals surface area contributed by atoms with Crippen LogP contribution in [0, 0.1) is 12.8 Å². The van der Waals surface area contributed by atoms with E-state index in [1.807, 2.05) is 0 Å². The lowest BCUT2D eigenvalue weighted by molar-refractivity contribution is 0.377. The third kappa shape index (κ3) is 4.01. The van der Waals surface area contributed by atoms with Crippen molar-refractivity contribution in [3.05, 3.63) is 34.3 Å². The van der Waals surface area contributed by atoms with Crippen LogP contribution in [0.2, 0.25) is 5.02 Å². The Morgan fingerprint density at radius 3 is 2.53 bits per heavy atom. The van der Waals surface area contributed by atoms with Crippen LogP contribution < -0.4 is 5.32 Å². The van der Waals surface area contributed by atoms with Crippen molar-refractivity contribution in [2.75, 3.05) is 6.54 Å². The minimum Gasteiger partial charge on any atom is -0.310 e. The van der Waals surface area contributed by atoms with Crippen LogP contribution in [-0.2, 0) is 0 Å². The smallest absolute Gasteiger partial charge is 0.0456 e. The monoisotopic (exact) mass is 253 g/mol. The zero-order chi connectivity index (χ0) is 12.8. The fourth-order valence-corrected chi connectivity index (χ4v) is 2.39. The summed E-state index contributed by atoms with van der Waals surface area (Å²) in [6.07, 6.45) is 2.31. The Morgan fingerprint density at radius 2 is 2.00 bits per heavy atom. The SMILES string of the molecule is CCCNC(c1ccc(C)cc1Cl)C(C)CC. The van der Waals surface area contributed by atoms with Gasteiger partial charge in [-0.1, -0.05) is 50.9 Å². The van der Waals surface area contributed by atoms with Gasteiger partial charge in [0.15, 0.2) is 0 Å². The van der Waals surface area contributed by atoms with Gasteiger partial charge < -0.3 is 5.32 Å². The van der Waals surface area contributed by atoms with Crippen molar-refractivity contribution in [3.63, 3.8) is 0 Å². The van der Waals surface area contributed by atoms with Crippen LogP contribution in [0.15, 0.2) is 18.2 Å². The summed E-state index contributed by atoms with van der Waals surface area (Å²) >= 11 is 6.36. The molecule has 0 spiro atoms. The quantitative estimate of drug-likeness (QED) is 0.773. The Kier molecular flexibility index (Phi) is 6.01. The highest BCUT2D eigenvalue weighted by Crippen LogP contribution is 2.30. The second-order valence-electron chi connectivity index (χ2n) is 4.84. The highest BCUT2D eigenvalue weighted by Gasteiger charge is 2.19. The zero-order valence-corrected chi connectivity index (χ0v) is 12.1. The van der Waals surface area contributed by atoms with Gasteiger partial charge in [0.05, 0.1) is 0 Å². The number of hydrogen-bond acceptors (Lipinski definition) is 1. The second kappa shape index (κ2) is 7.03. The molecule has 0 bridgehead atoms. The second-order valence-corrected chi connectivity index (χ2v) is 5.25. The Balaban J connectivity index is 2.95. The van der Waals surface area contributed by atoms with E-state index in [-0.39, 0.29) is 0 Å². The van der Waals surface area contributed by atoms with Gasteiger partial charge >= 0.3 is 0 Å². The third-order valence-electron chi connectivity index (χ3n) is 3.32. The molecular formula is C15H24ClN. The van der Waals surface area contributed by atoms with Gasteiger partial charge in [-0.3, -0.25) is 0 Å². The molecule has 0 aliphatic carbocycles. The van der Waals surface area contributed by atoms with E-state index in [0.29, 0.717) is 12.0 Å². The number of rotatable bonds is 6. The van der Waals surface area contributed by atoms with Gasteiger partial charge in [-0.05, 0) is 43.0 Å². The first-order valence-electron chi connectivity index (χ1n) is 6.59. The molecule has 1 nitrogen and oxygen atoms in total. The van der Waals surface area contributed by atoms with Gasteiger partial charge in [0.2, 0.25) is 0 Å². The average Bonchev–Trinajstić information content (AvgIpc) is 2.31. The first-order valence-corrected chi connectivity index (χ1v) is 6.97. The number of nitrogens with one attached hydrogen (secondary N) is 1. The molecule has 0 aromatic heterocycles. The Bertz CT molecular complexity index is 349. The molecule has 0 saturated heterocycles. The molecule has 2 heteroatoms. The first kappa shape index (κ1) is 14.5. The number of benzene rings is 1. The van der Waals surface area contributed by atoms with E-state index >= 15 is 0 Å². The van der Waals surface area contributed by atoms with Crippen LogP contribution in [0.4, 0.5) is 0 Å². The molecule has 0 saturated carbocycles. The molecule has 2 atom stereocenters. The van der Waals surface area contributed by atoms with Crippen molar-refractivity contribution in [1.82, 2.24) is 5.32 Å². The summed E-state index contributed by atoms with van der Waals surface area (Å²) < 4.78 is 0. The minimum absolute atomic E-state index is 0.369. The van der Waals surface area contributed by atoms with Gasteiger partial charge in [-0.25, -0.2) is 0 Å². The van der Waals surface area contributed by atoms with Gasteiger partial charge in [-0.15, -0.1) is 0 Å². The lowest BCUT2D eigenvalue weighted by Crippen LogP contribution is -2.27. The molecule has 1 N–H and O–H groups in total. The lowest BCUT2D eigenvalue weighted by atomic mass is 9.92. The Labute approximate surface area is 111 Å². The van der Waals surface area contributed by atoms with Crippen LogP contribution in [0.25, 0.3) is 0 Å². The molecule has 0 fully saturated rings. The van der Waals surface area contributed by atoms with Crippen molar-refractivity contribution < 1.29 is 0 Å². The van der Waals surface area contributed by atoms with Crippen LogP contribution in [0.3, 0.4) is 0 Å². The molecule has 1 aromatic carbocycles. The van der Waals surface area contributed by atoms with E-state index in [9.17, 15) is 0 Å². The first-order chi connectivity index (χ1) is 8.10. The summed E-state index contributed by atoms with van der Waals surface area (Å²) in [5.74, 6) is 0.599. The molecule has 0 amide bonds. The van der Waals surface area contributed by atoms with Crippen molar-refractivity contribution in [2.24, 2.45) is 5.92 Å². The predicted molar refractivity (Wildman–Crippen MR) is 76.7 cm³/mol. The van der Waals surface area contributed by atoms with E-state index in [2.05, 4.69) is 51.2 Å². The van der Waals surface area contributed by atoms with E-state index in [4.69, 9.17) is 11.6 Å². The van der Waals surface area contributed by atoms with Gasteiger partial charge in [0.1, 0.15) is 0 Å². The van der Waals surface area contributed by atoms with Gasteiger partial charge in [0.25, 0.3) is 0 Å². The van der Waals surface area contributed by atoms with Crippen molar-refractivity contribution in [3.8, 4) is 0 Å². The largest absolute Gasteiger partial charge is 0.310 e. The highest BCUT2D eigenvalue weighted by molar-refractivity contribution is 6.31. The van der Waals surface area contributed by atoms with Crippen molar-refractivity contribution in [2.45, 2.75) is 46.6 Å². The topological polar surface area (TPSA) is 12.0 Å². The lowest BCUT2D eigenvalue weighted by Gasteiger charge is -2.26. The van der Waals surface area contributed by atoms with Crippen molar-refractivity contribution >= 4 is 11.6 Å². The molecule has 0 radical (unpaired) electrons. The molecular weight excluding hydrogens is 230 g/mol. The maximum Gasteiger partial charge on any atom is 0.0456 e. The summed E-state index contributed by atoms with van der Waals surface area (Å²) in [7, 11) is 0. The summed E-state index contributed by atoms with van der Waals surface area (Å²) in [5.41, 5.74) is 2.46. The fourth-order valence-electron chi connectivity index (χ4n) is 2.04. The summed E-state index contributed by atoms with van der Waals surface area (Å²) in [6.45, 7) is 9.82. The minimum atomic E-state index is 0.369. The van der Waals surface area contributed by atoms with E-state index in [0.717, 1.165) is 24.4 Å². The van der Waals surface area contributed by atoms with Crippen LogP contribution >= 0.6 is 11.6 Å². The molecule has 96 valence electrons. The maximum absolute atomic E-state index is 6.36. The summed E-state index contributed by atoms with van der Waals surface area (Å²) in [6, 6.07) is 6.73. The molecule has 2 unspecified atom stereocenters. The number of aryl methyl sites for hydroxylation is 1. The van der Waals surface area contributed by atoms with E-state index < -0.39 is 0 Å². The summed E-state index contributed by atoms with van der Waals surface area (Å²) in [5, 5.41) is 4.50. The van der Waals surface area contributed by atoms with E-state index in [1.54, 1.807) is 0 Å². The molecule has 0 aliphatic heterocycles. The molecule has 0 aliphatic rings. The normalized spacial score (nSPS) is 14.6. The molecule has 17 heavy (non-hydrogen) atoms. The fraction of sp³-hybridized carbons (Fsp3) is 0.600. The Hall–Kier alpha value is -0.530. The van der Waals surface area contributed by atoms with Crippen LogP contribution in [0.5, 0.6) is 0 Å². The average molecular weight is 254 g/mol. The predicted octanol–water partition coefficient (Wildman–Crippen LogP) is 4.74. The van der Waals surface area contributed by atoms with Crippen LogP contribution in [0.1, 0.15) is 50.8 Å². The maximum atomic E-state index is 6.36. The van der Waals surface area contributed by atoms with Crippen LogP contribution in [-0.4, -0.2) is 6.54 Å². The highest BCUT2D eigenvalue weighted by atomic mass is 35.5. The zero-order valence-electron chi connectivity index (χ0n) is 11.4. The summed E-state index contributed by atoms with van der Waals surface area (Å²) in [4.78, 5) is 0. The third-order valence-corrected chi connectivity index (χ3v) is 3.65. The number of halogens is 1. The van der Waals surface area contributed by atoms with Gasteiger partial charge in [-0.2, -0.15) is 0 Å². The van der Waals surface area contributed by atoms with Gasteiger partial charge in [0, 0.05) is 11.1 Å². The molecule has 1 aromatic rings. The number of hydrogen-bond donors (Lipinski definition) is 1. The molecule has 0 heterocycles. The Morgan fingerprint density at radius 1 is 1.29 bits per heavy atom. The van der Waals surface area contributed by atoms with Crippen molar-refractivity contribution in [1.29, 1.82) is 0 Å². The standard InChI is InChI=1S/C15H24ClN/c1-5-9-17-15(12(4)6-2)13-8-7-11(3)10-14(13)16/h7-8,10,12,15,17H,5-6,9H2,1-4H3.